The first-order chi connectivity index (χ1) is 22.2. The lowest BCUT2D eigenvalue weighted by Gasteiger charge is -2.35. The minimum Gasteiger partial charge on any atom is -0.493 e. The standard InChI is InChI=1S/C36H41ClN4O5/c1-4-38-17-5-6-33(43)39-22-27(42)16-19-45-32-14-8-25(21-24(32)3)35-34-29(30-20-23(2)7-13-31(30)40-34)15-18-41(35)36(44)46-28-11-9-26(37)10-12-28/h4-5,8-12,14,17,20-21,27,35,40,42H,6-7,13,15-16,18-19,22H2,1-3H3,(H,39,43)/b17-5-,38-4?/t27?,35-/m0/s1. The summed E-state index contributed by atoms with van der Waals surface area (Å²) in [4.78, 5) is 35.0. The predicted molar refractivity (Wildman–Crippen MR) is 181 cm³/mol. The Bertz CT molecular complexity index is 1640. The normalized spacial score (nSPS) is 16.6. The third kappa shape index (κ3) is 8.08. The quantitative estimate of drug-likeness (QED) is 0.201. The lowest BCUT2D eigenvalue weighted by atomic mass is 9.89. The molecule has 5 rings (SSSR count). The van der Waals surface area contributed by atoms with Crippen molar-refractivity contribution in [3.05, 3.63) is 99.0 Å². The zero-order valence-electron chi connectivity index (χ0n) is 26.5. The Kier molecular flexibility index (Phi) is 11.0. The molecule has 0 radical (unpaired) electrons. The van der Waals surface area contributed by atoms with Crippen molar-refractivity contribution < 1.29 is 24.2 Å². The van der Waals surface area contributed by atoms with Gasteiger partial charge >= 0.3 is 6.09 Å². The summed E-state index contributed by atoms with van der Waals surface area (Å²) >= 11 is 6.04. The molecule has 2 amide bonds. The molecular formula is C36H41ClN4O5. The third-order valence-electron chi connectivity index (χ3n) is 8.26. The number of carbonyl (C=O) groups excluding carboxylic acids is 2. The van der Waals surface area contributed by atoms with E-state index in [0.29, 0.717) is 29.5 Å². The second-order valence-corrected chi connectivity index (χ2v) is 12.1. The Morgan fingerprint density at radius 3 is 2.74 bits per heavy atom. The maximum absolute atomic E-state index is 13.6. The van der Waals surface area contributed by atoms with Gasteiger partial charge in [-0.2, -0.15) is 0 Å². The van der Waals surface area contributed by atoms with E-state index in [1.807, 2.05) is 25.1 Å². The van der Waals surface area contributed by atoms with Gasteiger partial charge in [0.05, 0.1) is 12.7 Å². The number of amides is 2. The number of ether oxygens (including phenoxy) is 2. The monoisotopic (exact) mass is 644 g/mol. The molecule has 2 aromatic carbocycles. The van der Waals surface area contributed by atoms with Crippen molar-refractivity contribution in [3.8, 4) is 11.5 Å². The van der Waals surface area contributed by atoms with Crippen molar-refractivity contribution in [2.24, 2.45) is 4.99 Å². The molecule has 0 bridgehead atoms. The third-order valence-corrected chi connectivity index (χ3v) is 8.52. The van der Waals surface area contributed by atoms with Gasteiger partial charge in [0.25, 0.3) is 0 Å². The van der Waals surface area contributed by atoms with Crippen molar-refractivity contribution in [3.63, 3.8) is 0 Å². The van der Waals surface area contributed by atoms with Gasteiger partial charge in [0.15, 0.2) is 0 Å². The number of nitrogens with zero attached hydrogens (tertiary/aromatic N) is 2. The fourth-order valence-corrected chi connectivity index (χ4v) is 6.02. The Balaban J connectivity index is 1.29. The number of nitrogens with one attached hydrogen (secondary N) is 2. The minimum absolute atomic E-state index is 0.145. The van der Waals surface area contributed by atoms with Gasteiger partial charge in [-0.3, -0.25) is 14.7 Å². The highest BCUT2D eigenvalue weighted by Gasteiger charge is 2.37. The fourth-order valence-electron chi connectivity index (χ4n) is 5.89. The summed E-state index contributed by atoms with van der Waals surface area (Å²) in [6.07, 6.45) is 9.21. The van der Waals surface area contributed by atoms with Crippen LogP contribution >= 0.6 is 11.6 Å². The van der Waals surface area contributed by atoms with E-state index in [2.05, 4.69) is 28.3 Å². The molecule has 3 aromatic rings. The Morgan fingerprint density at radius 1 is 1.17 bits per heavy atom. The molecule has 2 aliphatic rings. The van der Waals surface area contributed by atoms with Gasteiger partial charge in [0.1, 0.15) is 17.5 Å². The number of carbonyl (C=O) groups is 2. The van der Waals surface area contributed by atoms with Crippen LogP contribution in [0.3, 0.4) is 0 Å². The first-order valence-electron chi connectivity index (χ1n) is 15.7. The first-order valence-corrected chi connectivity index (χ1v) is 16.1. The number of aryl methyl sites for hydroxylation is 2. The Labute approximate surface area is 275 Å². The average molecular weight is 645 g/mol. The molecule has 1 aromatic heterocycles. The van der Waals surface area contributed by atoms with Gasteiger partial charge in [0, 0.05) is 54.8 Å². The number of aliphatic hydroxyl groups is 1. The second kappa shape index (κ2) is 15.3. The molecule has 1 aliphatic heterocycles. The van der Waals surface area contributed by atoms with Gasteiger partial charge in [-0.05, 0) is 98.7 Å². The molecule has 0 saturated carbocycles. The lowest BCUT2D eigenvalue weighted by molar-refractivity contribution is -0.120. The maximum atomic E-state index is 13.6. The summed E-state index contributed by atoms with van der Waals surface area (Å²) in [5.74, 6) is 0.945. The number of fused-ring (bicyclic) bond motifs is 3. The van der Waals surface area contributed by atoms with Gasteiger partial charge in [-0.15, -0.1) is 0 Å². The van der Waals surface area contributed by atoms with E-state index in [4.69, 9.17) is 21.1 Å². The zero-order chi connectivity index (χ0) is 32.6. The van der Waals surface area contributed by atoms with Crippen LogP contribution in [0.2, 0.25) is 5.02 Å². The highest BCUT2D eigenvalue weighted by atomic mass is 35.5. The largest absolute Gasteiger partial charge is 0.493 e. The number of rotatable bonds is 11. The summed E-state index contributed by atoms with van der Waals surface area (Å²) in [5, 5.41) is 13.6. The average Bonchev–Trinajstić information content (AvgIpc) is 3.41. The van der Waals surface area contributed by atoms with Crippen LogP contribution in [0.4, 0.5) is 4.79 Å². The van der Waals surface area contributed by atoms with Gasteiger partial charge in [0.2, 0.25) is 5.91 Å². The number of aromatic nitrogens is 1. The van der Waals surface area contributed by atoms with Gasteiger partial charge < -0.3 is 24.9 Å². The van der Waals surface area contributed by atoms with Crippen LogP contribution in [0, 0.1) is 6.92 Å². The molecule has 1 aliphatic carbocycles. The topological polar surface area (TPSA) is 116 Å². The number of aromatic amines is 1. The lowest BCUT2D eigenvalue weighted by Crippen LogP contribution is -2.42. The SMILES string of the molecule is CC=N/C=C\CC(=O)NCC(O)CCOc1ccc([C@H]2c3[nH]c4c(c3CCN2C(=O)Oc2ccc(Cl)cc2)C=C(C)CC4)cc1C. The second-order valence-electron chi connectivity index (χ2n) is 11.7. The van der Waals surface area contributed by atoms with Crippen LogP contribution < -0.4 is 14.8 Å². The molecule has 46 heavy (non-hydrogen) atoms. The first kappa shape index (κ1) is 33.0. The van der Waals surface area contributed by atoms with E-state index in [9.17, 15) is 14.7 Å². The molecule has 2 heterocycles. The van der Waals surface area contributed by atoms with Crippen molar-refractivity contribution >= 4 is 35.9 Å². The molecule has 0 spiro atoms. The van der Waals surface area contributed by atoms with Crippen LogP contribution in [0.25, 0.3) is 6.08 Å². The maximum Gasteiger partial charge on any atom is 0.416 e. The van der Waals surface area contributed by atoms with E-state index < -0.39 is 12.2 Å². The van der Waals surface area contributed by atoms with Crippen molar-refractivity contribution in [1.29, 1.82) is 0 Å². The van der Waals surface area contributed by atoms with Crippen LogP contribution in [0.15, 0.2) is 65.3 Å². The predicted octanol–water partition coefficient (Wildman–Crippen LogP) is 6.71. The van der Waals surface area contributed by atoms with Crippen LogP contribution in [0.1, 0.15) is 72.8 Å². The molecule has 1 unspecified atom stereocenters. The summed E-state index contributed by atoms with van der Waals surface area (Å²) in [7, 11) is 0. The van der Waals surface area contributed by atoms with Crippen molar-refractivity contribution in [2.75, 3.05) is 19.7 Å². The molecule has 2 atom stereocenters. The number of benzene rings is 2. The number of aliphatic hydroxyl groups excluding tert-OH is 1. The van der Waals surface area contributed by atoms with Crippen LogP contribution in [-0.4, -0.2) is 59.0 Å². The number of hydrogen-bond acceptors (Lipinski definition) is 6. The van der Waals surface area contributed by atoms with Crippen LogP contribution in [0.5, 0.6) is 11.5 Å². The molecule has 3 N–H and O–H groups in total. The summed E-state index contributed by atoms with van der Waals surface area (Å²) in [5.41, 5.74) is 7.94. The van der Waals surface area contributed by atoms with Gasteiger partial charge in [-0.1, -0.05) is 35.4 Å². The number of halogens is 1. The highest BCUT2D eigenvalue weighted by molar-refractivity contribution is 6.30. The van der Waals surface area contributed by atoms with E-state index in [-0.39, 0.29) is 31.5 Å². The number of H-pyrrole nitrogens is 1. The smallest absolute Gasteiger partial charge is 0.416 e. The minimum atomic E-state index is -0.737. The molecule has 0 fully saturated rings. The van der Waals surface area contributed by atoms with Crippen molar-refractivity contribution in [1.82, 2.24) is 15.2 Å². The summed E-state index contributed by atoms with van der Waals surface area (Å²) in [6, 6.07) is 12.3. The summed E-state index contributed by atoms with van der Waals surface area (Å²) < 4.78 is 11.8. The fraction of sp³-hybridized carbons (Fsp3) is 0.361. The van der Waals surface area contributed by atoms with E-state index in [1.54, 1.807) is 54.6 Å². The number of hydrogen-bond donors (Lipinski definition) is 3. The van der Waals surface area contributed by atoms with Crippen LogP contribution in [-0.2, 0) is 17.6 Å². The number of aliphatic imine (C=N–C) groups is 1. The van der Waals surface area contributed by atoms with E-state index in [1.165, 1.54) is 22.4 Å². The molecule has 9 nitrogen and oxygen atoms in total. The molecule has 242 valence electrons. The Morgan fingerprint density at radius 2 is 1.98 bits per heavy atom. The molecule has 10 heteroatoms. The highest BCUT2D eigenvalue weighted by Crippen LogP contribution is 2.41. The van der Waals surface area contributed by atoms with E-state index >= 15 is 0 Å². The summed E-state index contributed by atoms with van der Waals surface area (Å²) in [6.45, 7) is 6.87. The van der Waals surface area contributed by atoms with Crippen molar-refractivity contribution in [2.45, 2.75) is 65.0 Å². The molecule has 0 saturated heterocycles. The Hall–Kier alpha value is -4.34. The van der Waals surface area contributed by atoms with Gasteiger partial charge in [-0.25, -0.2) is 4.79 Å². The molecular weight excluding hydrogens is 604 g/mol. The zero-order valence-corrected chi connectivity index (χ0v) is 27.3. The number of allylic oxidation sites excluding steroid dienone is 1. The van der Waals surface area contributed by atoms with E-state index in [0.717, 1.165) is 36.1 Å².